The van der Waals surface area contributed by atoms with Crippen molar-refractivity contribution in [1.29, 1.82) is 0 Å². The predicted octanol–water partition coefficient (Wildman–Crippen LogP) is 3.35. The number of aryl methyl sites for hydroxylation is 5. The Morgan fingerprint density at radius 2 is 1.41 bits per heavy atom. The zero-order chi connectivity index (χ0) is 27.5. The quantitative estimate of drug-likeness (QED) is 0.282. The molecular formula is C36H42Cl2Zr-2. The fraction of sp³-hybridized carbons (Fsp3) is 0.361. The van der Waals surface area contributed by atoms with E-state index in [4.69, 9.17) is 0 Å². The standard InChI is InChI=1S/C17H17.C10H15.C9H10.2ClH.Zr/c1-10-5-14-9-15-6-11(2)13(4)8-17(15)16(14)7-12(10)3;1-8-5-6-9(7-8)10(2,3)4;1-3-9-6-4-8(2)5-7-9;;;/h5,7-8H,9H2,1-4H3;6-8H,1-4H3;4-7H,1-2H3;2*1H;/q2*-1;;;;+2/p-2. The van der Waals surface area contributed by atoms with Gasteiger partial charge in [-0.1, -0.05) is 70.6 Å². The minimum atomic E-state index is 0. The van der Waals surface area contributed by atoms with Crippen molar-refractivity contribution in [3.8, 4) is 11.1 Å². The summed E-state index contributed by atoms with van der Waals surface area (Å²) >= 11 is 1.51. The molecule has 1 atom stereocenters. The van der Waals surface area contributed by atoms with Crippen molar-refractivity contribution in [3.63, 3.8) is 0 Å². The monoisotopic (exact) mass is 634 g/mol. The number of hydrogen-bond acceptors (Lipinski definition) is 0. The molecule has 5 rings (SSSR count). The van der Waals surface area contributed by atoms with Crippen LogP contribution in [0, 0.1) is 58.1 Å². The van der Waals surface area contributed by atoms with Crippen LogP contribution in [0.2, 0.25) is 0 Å². The fourth-order valence-electron chi connectivity index (χ4n) is 4.50. The van der Waals surface area contributed by atoms with Gasteiger partial charge in [0.2, 0.25) is 0 Å². The summed E-state index contributed by atoms with van der Waals surface area (Å²) in [5.74, 6) is 0.522. The number of rotatable bonds is 1. The van der Waals surface area contributed by atoms with Crippen LogP contribution in [0.1, 0.15) is 79.1 Å². The third-order valence-corrected chi connectivity index (χ3v) is 7.98. The van der Waals surface area contributed by atoms with Gasteiger partial charge >= 0.3 is 76.7 Å². The van der Waals surface area contributed by atoms with Crippen LogP contribution in [0.4, 0.5) is 0 Å². The number of allylic oxidation sites excluding steroid dienone is 4. The van der Waals surface area contributed by atoms with Gasteiger partial charge in [-0.2, -0.15) is 34.9 Å². The van der Waals surface area contributed by atoms with Crippen molar-refractivity contribution < 1.29 is 49.0 Å². The number of halogens is 2. The van der Waals surface area contributed by atoms with Gasteiger partial charge in [0, 0.05) is 0 Å². The van der Waals surface area contributed by atoms with Crippen molar-refractivity contribution in [3.05, 3.63) is 117 Å². The second kappa shape index (κ2) is 14.9. The summed E-state index contributed by atoms with van der Waals surface area (Å²) in [7, 11) is 0. The molecule has 3 aromatic rings. The van der Waals surface area contributed by atoms with E-state index in [0.29, 0.717) is 11.3 Å². The van der Waals surface area contributed by atoms with E-state index in [0.717, 1.165) is 6.42 Å². The molecule has 0 aromatic heterocycles. The number of hydrogen-bond donors (Lipinski definition) is 0. The van der Waals surface area contributed by atoms with E-state index in [1.165, 1.54) is 88.6 Å². The van der Waals surface area contributed by atoms with E-state index in [2.05, 4.69) is 136 Å². The topological polar surface area (TPSA) is 0 Å². The van der Waals surface area contributed by atoms with E-state index < -0.39 is 0 Å². The molecule has 0 aliphatic heterocycles. The van der Waals surface area contributed by atoms with Crippen LogP contribution in [0.15, 0.2) is 60.2 Å². The maximum absolute atomic E-state index is 3.54. The number of fused-ring (bicyclic) bond motifs is 3. The normalized spacial score (nSPS) is 14.4. The molecule has 0 heterocycles. The van der Waals surface area contributed by atoms with Crippen molar-refractivity contribution in [2.45, 2.75) is 75.7 Å². The molecule has 0 saturated heterocycles. The molecule has 3 heteroatoms. The first-order chi connectivity index (χ1) is 17.3. The molecule has 0 bridgehead atoms. The first-order valence-electron chi connectivity index (χ1n) is 13.3. The largest absolute Gasteiger partial charge is 1.00 e. The van der Waals surface area contributed by atoms with Crippen molar-refractivity contribution in [2.24, 2.45) is 11.3 Å². The summed E-state index contributed by atoms with van der Waals surface area (Å²) in [5, 5.41) is 0. The Morgan fingerprint density at radius 3 is 1.90 bits per heavy atom. The molecule has 2 aliphatic rings. The molecule has 0 radical (unpaired) electrons. The minimum Gasteiger partial charge on any atom is -1.00 e. The fourth-order valence-corrected chi connectivity index (χ4v) is 4.91. The van der Waals surface area contributed by atoms with Crippen LogP contribution in [0.25, 0.3) is 11.1 Å². The molecule has 1 unspecified atom stereocenters. The molecule has 0 saturated carbocycles. The Balaban J connectivity index is 0.000000303. The number of benzene rings is 3. The Labute approximate surface area is 265 Å². The SMILES string of the molecule is CC1[C-]=CC(C(C)(C)C)=C1.C[C](=[Zr+2])c1ccc(C)cc1.Cc1[c-]c2c(cc1C)-c1cc(C)c(C)cc1C2.[Cl-].[Cl-]. The minimum absolute atomic E-state index is 0. The van der Waals surface area contributed by atoms with Crippen molar-refractivity contribution in [2.75, 3.05) is 0 Å². The summed E-state index contributed by atoms with van der Waals surface area (Å²) < 4.78 is 1.46. The molecular weight excluding hydrogens is 595 g/mol. The van der Waals surface area contributed by atoms with Crippen LogP contribution in [-0.2, 0) is 30.7 Å². The zero-order valence-corrected chi connectivity index (χ0v) is 29.2. The van der Waals surface area contributed by atoms with E-state index in [1.54, 1.807) is 0 Å². The molecule has 39 heavy (non-hydrogen) atoms. The predicted molar refractivity (Wildman–Crippen MR) is 158 cm³/mol. The van der Waals surface area contributed by atoms with E-state index >= 15 is 0 Å². The van der Waals surface area contributed by atoms with Crippen molar-refractivity contribution in [1.82, 2.24) is 0 Å². The zero-order valence-electron chi connectivity index (χ0n) is 25.2. The van der Waals surface area contributed by atoms with Gasteiger partial charge < -0.3 is 24.8 Å². The molecule has 0 spiro atoms. The maximum Gasteiger partial charge on any atom is -0.0253 e. The Hall–Kier alpha value is -1.53. The Kier molecular flexibility index (Phi) is 13.6. The third kappa shape index (κ3) is 9.52. The summed E-state index contributed by atoms with van der Waals surface area (Å²) in [5.41, 5.74) is 15.5. The van der Waals surface area contributed by atoms with Crippen molar-refractivity contribution >= 4 is 3.21 Å². The second-order valence-electron chi connectivity index (χ2n) is 11.7. The Bertz CT molecular complexity index is 1300. The average Bonchev–Trinajstić information content (AvgIpc) is 3.39. The summed E-state index contributed by atoms with van der Waals surface area (Å²) in [6.45, 7) is 21.8. The molecule has 206 valence electrons. The molecule has 2 aliphatic carbocycles. The summed E-state index contributed by atoms with van der Waals surface area (Å²) in [4.78, 5) is 0. The van der Waals surface area contributed by atoms with Crippen LogP contribution in [0.5, 0.6) is 0 Å². The molecule has 0 N–H and O–H groups in total. The van der Waals surface area contributed by atoms with Gasteiger partial charge in [-0.3, -0.25) is 6.08 Å². The van der Waals surface area contributed by atoms with Gasteiger partial charge in [-0.05, 0) is 37.0 Å². The first-order valence-corrected chi connectivity index (χ1v) is 14.6. The van der Waals surface area contributed by atoms with Gasteiger partial charge in [0.25, 0.3) is 0 Å². The smallest absolute Gasteiger partial charge is 0.0253 e. The van der Waals surface area contributed by atoms with Gasteiger partial charge in [-0.15, -0.1) is 11.1 Å². The second-order valence-corrected chi connectivity index (χ2v) is 13.5. The van der Waals surface area contributed by atoms with Crippen LogP contribution in [0.3, 0.4) is 0 Å². The van der Waals surface area contributed by atoms with Gasteiger partial charge in [0.05, 0.1) is 0 Å². The average molecular weight is 637 g/mol. The first kappa shape index (κ1) is 35.5. The Morgan fingerprint density at radius 1 is 0.846 bits per heavy atom. The van der Waals surface area contributed by atoms with E-state index in [9.17, 15) is 0 Å². The van der Waals surface area contributed by atoms with Crippen LogP contribution < -0.4 is 24.8 Å². The molecule has 0 nitrogen and oxygen atoms in total. The van der Waals surface area contributed by atoms with Gasteiger partial charge in [0.1, 0.15) is 0 Å². The maximum atomic E-state index is 3.54. The van der Waals surface area contributed by atoms with Crippen LogP contribution >= 0.6 is 0 Å². The van der Waals surface area contributed by atoms with Crippen LogP contribution in [-0.4, -0.2) is 3.21 Å². The summed E-state index contributed by atoms with van der Waals surface area (Å²) in [6.07, 6.45) is 8.70. The van der Waals surface area contributed by atoms with E-state index in [1.807, 2.05) is 0 Å². The molecule has 0 amide bonds. The van der Waals surface area contributed by atoms with Gasteiger partial charge in [-0.25, -0.2) is 6.08 Å². The molecule has 0 fully saturated rings. The van der Waals surface area contributed by atoms with E-state index in [-0.39, 0.29) is 24.8 Å². The summed E-state index contributed by atoms with van der Waals surface area (Å²) in [6, 6.07) is 19.2. The van der Waals surface area contributed by atoms with Gasteiger partial charge in [0.15, 0.2) is 0 Å². The molecule has 3 aromatic carbocycles. The third-order valence-electron chi connectivity index (χ3n) is 7.27.